The van der Waals surface area contributed by atoms with Crippen molar-refractivity contribution in [2.24, 2.45) is 5.92 Å². The SMILES string of the molecule is CCC(CC)CNc1cc2[nH]c(=O)oc2cc1N. The molecule has 0 aliphatic heterocycles. The van der Waals surface area contributed by atoms with Crippen LogP contribution in [-0.4, -0.2) is 11.5 Å². The van der Waals surface area contributed by atoms with E-state index in [0.29, 0.717) is 22.7 Å². The maximum Gasteiger partial charge on any atom is 0.417 e. The van der Waals surface area contributed by atoms with Gasteiger partial charge in [-0.2, -0.15) is 0 Å². The predicted octanol–water partition coefficient (Wildman–Crippen LogP) is 2.55. The fourth-order valence-corrected chi connectivity index (χ4v) is 2.00. The minimum absolute atomic E-state index is 0.457. The lowest BCUT2D eigenvalue weighted by atomic mass is 10.0. The van der Waals surface area contributed by atoms with Gasteiger partial charge in [-0.1, -0.05) is 26.7 Å². The summed E-state index contributed by atoms with van der Waals surface area (Å²) in [5, 5.41) is 3.33. The number of nitrogens with two attached hydrogens (primary N) is 1. The van der Waals surface area contributed by atoms with E-state index in [4.69, 9.17) is 10.2 Å². The molecule has 1 aromatic heterocycles. The minimum Gasteiger partial charge on any atom is -0.408 e. The van der Waals surface area contributed by atoms with Crippen LogP contribution in [-0.2, 0) is 0 Å². The van der Waals surface area contributed by atoms with Gasteiger partial charge in [0, 0.05) is 12.6 Å². The molecule has 2 aromatic rings. The number of nitrogen functional groups attached to an aromatic ring is 1. The van der Waals surface area contributed by atoms with Crippen LogP contribution in [0.25, 0.3) is 11.1 Å². The second kappa shape index (κ2) is 5.16. The van der Waals surface area contributed by atoms with Crippen LogP contribution in [0.2, 0.25) is 0 Å². The molecule has 0 atom stereocenters. The molecule has 0 fully saturated rings. The Labute approximate surface area is 105 Å². The van der Waals surface area contributed by atoms with Gasteiger partial charge in [-0.05, 0) is 12.0 Å². The molecule has 0 amide bonds. The summed E-state index contributed by atoms with van der Waals surface area (Å²) in [5.74, 6) is 0.171. The van der Waals surface area contributed by atoms with Crippen molar-refractivity contribution in [2.75, 3.05) is 17.6 Å². The Bertz CT molecular complexity index is 581. The highest BCUT2D eigenvalue weighted by Crippen LogP contribution is 2.25. The Morgan fingerprint density at radius 2 is 2.11 bits per heavy atom. The Hall–Kier alpha value is -1.91. The molecule has 98 valence electrons. The zero-order valence-corrected chi connectivity index (χ0v) is 10.7. The molecule has 5 nitrogen and oxygen atoms in total. The highest BCUT2D eigenvalue weighted by molar-refractivity contribution is 5.85. The summed E-state index contributed by atoms with van der Waals surface area (Å²) in [6, 6.07) is 3.49. The van der Waals surface area contributed by atoms with E-state index < -0.39 is 5.76 Å². The number of oxazole rings is 1. The minimum atomic E-state index is -0.457. The fourth-order valence-electron chi connectivity index (χ4n) is 2.00. The molecular weight excluding hydrogens is 230 g/mol. The van der Waals surface area contributed by atoms with Crippen molar-refractivity contribution in [3.8, 4) is 0 Å². The van der Waals surface area contributed by atoms with Gasteiger partial charge < -0.3 is 15.5 Å². The topological polar surface area (TPSA) is 84.0 Å². The third-order valence-corrected chi connectivity index (χ3v) is 3.33. The highest BCUT2D eigenvalue weighted by atomic mass is 16.4. The van der Waals surface area contributed by atoms with Gasteiger partial charge in [0.15, 0.2) is 5.58 Å². The molecule has 5 heteroatoms. The molecule has 1 heterocycles. The average molecular weight is 249 g/mol. The van der Waals surface area contributed by atoms with Crippen molar-refractivity contribution in [3.05, 3.63) is 22.7 Å². The standard InChI is InChI=1S/C13H19N3O2/c1-3-8(4-2)7-15-10-6-11-12(5-9(10)14)18-13(17)16-11/h5-6,8,15H,3-4,7,14H2,1-2H3,(H,16,17). The van der Waals surface area contributed by atoms with Gasteiger partial charge in [-0.25, -0.2) is 4.79 Å². The molecule has 0 bridgehead atoms. The van der Waals surface area contributed by atoms with Gasteiger partial charge >= 0.3 is 5.76 Å². The van der Waals surface area contributed by atoms with E-state index in [1.807, 2.05) is 6.07 Å². The summed E-state index contributed by atoms with van der Waals surface area (Å²) in [6.07, 6.45) is 2.27. The highest BCUT2D eigenvalue weighted by Gasteiger charge is 2.08. The monoisotopic (exact) mass is 249 g/mol. The van der Waals surface area contributed by atoms with Gasteiger partial charge in [-0.15, -0.1) is 0 Å². The van der Waals surface area contributed by atoms with Crippen LogP contribution in [0.5, 0.6) is 0 Å². The number of rotatable bonds is 5. The van der Waals surface area contributed by atoms with Gasteiger partial charge in [0.2, 0.25) is 0 Å². The van der Waals surface area contributed by atoms with E-state index in [1.165, 1.54) is 0 Å². The lowest BCUT2D eigenvalue weighted by molar-refractivity contribution is 0.519. The van der Waals surface area contributed by atoms with E-state index in [1.54, 1.807) is 6.07 Å². The summed E-state index contributed by atoms with van der Waals surface area (Å²) in [4.78, 5) is 13.7. The van der Waals surface area contributed by atoms with Crippen LogP contribution in [0, 0.1) is 5.92 Å². The molecule has 0 aliphatic rings. The van der Waals surface area contributed by atoms with Crippen LogP contribution in [0.3, 0.4) is 0 Å². The van der Waals surface area contributed by atoms with Crippen molar-refractivity contribution >= 4 is 22.5 Å². The third-order valence-electron chi connectivity index (χ3n) is 3.33. The largest absolute Gasteiger partial charge is 0.417 e. The molecule has 0 aliphatic carbocycles. The number of nitrogens with one attached hydrogen (secondary N) is 2. The Morgan fingerprint density at radius 1 is 1.39 bits per heavy atom. The maximum atomic E-state index is 11.1. The molecular formula is C13H19N3O2. The van der Waals surface area contributed by atoms with Crippen LogP contribution in [0.15, 0.2) is 21.3 Å². The van der Waals surface area contributed by atoms with E-state index in [0.717, 1.165) is 25.1 Å². The number of benzene rings is 1. The first kappa shape index (κ1) is 12.5. The van der Waals surface area contributed by atoms with Crippen LogP contribution < -0.4 is 16.8 Å². The van der Waals surface area contributed by atoms with Crippen LogP contribution in [0.4, 0.5) is 11.4 Å². The molecule has 0 saturated carbocycles. The first-order valence-electron chi connectivity index (χ1n) is 6.30. The number of aromatic nitrogens is 1. The van der Waals surface area contributed by atoms with Crippen molar-refractivity contribution in [1.29, 1.82) is 0 Å². The number of H-pyrrole nitrogens is 1. The van der Waals surface area contributed by atoms with Crippen LogP contribution >= 0.6 is 0 Å². The molecule has 0 saturated heterocycles. The van der Waals surface area contributed by atoms with Crippen molar-refractivity contribution in [1.82, 2.24) is 4.98 Å². The molecule has 1 aromatic carbocycles. The quantitative estimate of drug-likeness (QED) is 0.711. The molecule has 0 spiro atoms. The zero-order valence-electron chi connectivity index (χ0n) is 10.7. The first-order valence-corrected chi connectivity index (χ1v) is 6.30. The van der Waals surface area contributed by atoms with E-state index >= 15 is 0 Å². The van der Waals surface area contributed by atoms with Crippen molar-refractivity contribution in [3.63, 3.8) is 0 Å². The number of fused-ring (bicyclic) bond motifs is 1. The second-order valence-corrected chi connectivity index (χ2v) is 4.51. The average Bonchev–Trinajstić information content (AvgIpc) is 2.69. The molecule has 2 rings (SSSR count). The Kier molecular flexibility index (Phi) is 3.60. The number of hydrogen-bond acceptors (Lipinski definition) is 4. The number of hydrogen-bond donors (Lipinski definition) is 3. The summed E-state index contributed by atoms with van der Waals surface area (Å²) < 4.78 is 4.95. The number of anilines is 2. The molecule has 18 heavy (non-hydrogen) atoms. The maximum absolute atomic E-state index is 11.1. The van der Waals surface area contributed by atoms with E-state index in [9.17, 15) is 4.79 Å². The lowest BCUT2D eigenvalue weighted by Gasteiger charge is -2.15. The van der Waals surface area contributed by atoms with Crippen molar-refractivity contribution in [2.45, 2.75) is 26.7 Å². The summed E-state index contributed by atoms with van der Waals surface area (Å²) in [7, 11) is 0. The number of aromatic amines is 1. The second-order valence-electron chi connectivity index (χ2n) is 4.51. The summed E-state index contributed by atoms with van der Waals surface area (Å²) in [5.41, 5.74) is 8.52. The normalized spacial score (nSPS) is 11.3. The smallest absolute Gasteiger partial charge is 0.408 e. The zero-order chi connectivity index (χ0) is 13.1. The van der Waals surface area contributed by atoms with E-state index in [-0.39, 0.29) is 0 Å². The van der Waals surface area contributed by atoms with Gasteiger partial charge in [0.1, 0.15) is 0 Å². The fraction of sp³-hybridized carbons (Fsp3) is 0.462. The first-order chi connectivity index (χ1) is 8.63. The van der Waals surface area contributed by atoms with Crippen LogP contribution in [0.1, 0.15) is 26.7 Å². The lowest BCUT2D eigenvalue weighted by Crippen LogP contribution is -2.13. The van der Waals surface area contributed by atoms with Gasteiger partial charge in [0.25, 0.3) is 0 Å². The Morgan fingerprint density at radius 3 is 2.78 bits per heavy atom. The predicted molar refractivity (Wildman–Crippen MR) is 73.8 cm³/mol. The van der Waals surface area contributed by atoms with Gasteiger partial charge in [-0.3, -0.25) is 4.98 Å². The third kappa shape index (κ3) is 2.50. The molecule has 0 radical (unpaired) electrons. The van der Waals surface area contributed by atoms with E-state index in [2.05, 4.69) is 24.1 Å². The van der Waals surface area contributed by atoms with Crippen molar-refractivity contribution < 1.29 is 4.42 Å². The summed E-state index contributed by atoms with van der Waals surface area (Å²) >= 11 is 0. The Balaban J connectivity index is 2.22. The summed E-state index contributed by atoms with van der Waals surface area (Å²) in [6.45, 7) is 5.23. The van der Waals surface area contributed by atoms with Gasteiger partial charge in [0.05, 0.1) is 16.9 Å². The molecule has 0 unspecified atom stereocenters. The molecule has 4 N–H and O–H groups in total.